The standard InChI is InChI=1S/C15H21F3N2O/c1-14(21,15(16,17)18)10-20-8-12(7-19)13(9-20)11-5-3-2-4-6-11/h2-6,12-13,21H,7-10,19H2,1H3/t12-,13+,14?/m1/s1. The van der Waals surface area contributed by atoms with Crippen molar-refractivity contribution >= 4 is 0 Å². The SMILES string of the molecule is CC(O)(CN1C[C@@H](CN)[C@H](c2ccccc2)C1)C(F)(F)F. The fraction of sp³-hybridized carbons (Fsp3) is 0.600. The van der Waals surface area contributed by atoms with Crippen molar-refractivity contribution in [1.29, 1.82) is 0 Å². The maximum Gasteiger partial charge on any atom is 0.418 e. The van der Waals surface area contributed by atoms with E-state index in [9.17, 15) is 18.3 Å². The Hall–Kier alpha value is -1.11. The molecule has 0 spiro atoms. The molecule has 1 aliphatic heterocycles. The molecular formula is C15H21F3N2O. The summed E-state index contributed by atoms with van der Waals surface area (Å²) >= 11 is 0. The minimum atomic E-state index is -4.63. The van der Waals surface area contributed by atoms with Crippen LogP contribution in [0.1, 0.15) is 18.4 Å². The molecule has 1 heterocycles. The highest BCUT2D eigenvalue weighted by Crippen LogP contribution is 2.36. The summed E-state index contributed by atoms with van der Waals surface area (Å²) in [7, 11) is 0. The van der Waals surface area contributed by atoms with E-state index in [1.807, 2.05) is 30.3 Å². The van der Waals surface area contributed by atoms with Crippen molar-refractivity contribution in [3.05, 3.63) is 35.9 Å². The first-order valence-electron chi connectivity index (χ1n) is 7.01. The van der Waals surface area contributed by atoms with E-state index in [4.69, 9.17) is 5.73 Å². The summed E-state index contributed by atoms with van der Waals surface area (Å²) < 4.78 is 38.4. The van der Waals surface area contributed by atoms with Crippen molar-refractivity contribution < 1.29 is 18.3 Å². The molecule has 0 aliphatic carbocycles. The molecule has 0 radical (unpaired) electrons. The van der Waals surface area contributed by atoms with Crippen molar-refractivity contribution in [2.24, 2.45) is 11.7 Å². The van der Waals surface area contributed by atoms with Crippen LogP contribution >= 0.6 is 0 Å². The lowest BCUT2D eigenvalue weighted by Crippen LogP contribution is -2.51. The first kappa shape index (κ1) is 16.3. The molecule has 3 N–H and O–H groups in total. The Morgan fingerprint density at radius 2 is 1.86 bits per heavy atom. The van der Waals surface area contributed by atoms with Crippen LogP contribution in [0.3, 0.4) is 0 Å². The van der Waals surface area contributed by atoms with Gasteiger partial charge < -0.3 is 10.8 Å². The van der Waals surface area contributed by atoms with E-state index in [2.05, 4.69) is 0 Å². The van der Waals surface area contributed by atoms with E-state index in [-0.39, 0.29) is 11.8 Å². The van der Waals surface area contributed by atoms with Crippen molar-refractivity contribution in [2.75, 3.05) is 26.2 Å². The van der Waals surface area contributed by atoms with Crippen LogP contribution < -0.4 is 5.73 Å². The fourth-order valence-electron chi connectivity index (χ4n) is 2.93. The van der Waals surface area contributed by atoms with Gasteiger partial charge >= 0.3 is 6.18 Å². The van der Waals surface area contributed by atoms with Gasteiger partial charge in [0, 0.05) is 25.6 Å². The Bertz CT molecular complexity index is 462. The number of rotatable bonds is 4. The first-order valence-corrected chi connectivity index (χ1v) is 7.01. The number of hydrogen-bond acceptors (Lipinski definition) is 3. The van der Waals surface area contributed by atoms with Gasteiger partial charge in [-0.25, -0.2) is 0 Å². The summed E-state index contributed by atoms with van der Waals surface area (Å²) in [6, 6.07) is 9.68. The third-order valence-corrected chi connectivity index (χ3v) is 4.19. The predicted molar refractivity (Wildman–Crippen MR) is 74.8 cm³/mol. The third-order valence-electron chi connectivity index (χ3n) is 4.19. The van der Waals surface area contributed by atoms with E-state index >= 15 is 0 Å². The zero-order valence-electron chi connectivity index (χ0n) is 12.0. The summed E-state index contributed by atoms with van der Waals surface area (Å²) in [5.41, 5.74) is 4.15. The van der Waals surface area contributed by atoms with Crippen molar-refractivity contribution in [2.45, 2.75) is 24.6 Å². The monoisotopic (exact) mass is 302 g/mol. The number of halogens is 3. The maximum absolute atomic E-state index is 12.8. The highest BCUT2D eigenvalue weighted by atomic mass is 19.4. The Labute approximate surface area is 122 Å². The molecule has 0 amide bonds. The molecule has 1 aromatic rings. The lowest BCUT2D eigenvalue weighted by molar-refractivity contribution is -0.257. The number of nitrogens with two attached hydrogens (primary N) is 1. The smallest absolute Gasteiger partial charge is 0.380 e. The number of β-amino-alcohol motifs (C(OH)–C–C–N with tert-alkyl or cyclic N) is 1. The molecule has 6 heteroatoms. The average Bonchev–Trinajstić information content (AvgIpc) is 2.80. The highest BCUT2D eigenvalue weighted by Gasteiger charge is 2.51. The summed E-state index contributed by atoms with van der Waals surface area (Å²) in [6.45, 7) is 1.78. The fourth-order valence-corrected chi connectivity index (χ4v) is 2.93. The molecule has 1 fully saturated rings. The molecule has 0 aromatic heterocycles. The van der Waals surface area contributed by atoms with Gasteiger partial charge in [0.05, 0.1) is 0 Å². The molecule has 0 saturated carbocycles. The Kier molecular flexibility index (Phi) is 4.60. The van der Waals surface area contributed by atoms with E-state index in [1.54, 1.807) is 4.90 Å². The van der Waals surface area contributed by atoms with Gasteiger partial charge in [-0.2, -0.15) is 13.2 Å². The van der Waals surface area contributed by atoms with E-state index in [0.29, 0.717) is 19.6 Å². The lowest BCUT2D eigenvalue weighted by Gasteiger charge is -2.30. The molecular weight excluding hydrogens is 281 g/mol. The van der Waals surface area contributed by atoms with Crippen LogP contribution in [0.5, 0.6) is 0 Å². The topological polar surface area (TPSA) is 49.5 Å². The Morgan fingerprint density at radius 1 is 1.24 bits per heavy atom. The van der Waals surface area contributed by atoms with Crippen LogP contribution in [0, 0.1) is 5.92 Å². The highest BCUT2D eigenvalue weighted by molar-refractivity contribution is 5.22. The second-order valence-corrected chi connectivity index (χ2v) is 5.98. The van der Waals surface area contributed by atoms with Crippen LogP contribution in [0.15, 0.2) is 30.3 Å². The van der Waals surface area contributed by atoms with E-state index in [1.165, 1.54) is 0 Å². The van der Waals surface area contributed by atoms with Gasteiger partial charge in [-0.3, -0.25) is 4.90 Å². The van der Waals surface area contributed by atoms with Gasteiger partial charge in [-0.1, -0.05) is 30.3 Å². The second-order valence-electron chi connectivity index (χ2n) is 5.98. The van der Waals surface area contributed by atoms with E-state index < -0.39 is 18.3 Å². The van der Waals surface area contributed by atoms with Gasteiger partial charge in [-0.05, 0) is 24.9 Å². The van der Waals surface area contributed by atoms with Gasteiger partial charge in [-0.15, -0.1) is 0 Å². The number of hydrogen-bond donors (Lipinski definition) is 2. The van der Waals surface area contributed by atoms with Gasteiger partial charge in [0.25, 0.3) is 0 Å². The third kappa shape index (κ3) is 3.56. The van der Waals surface area contributed by atoms with Crippen molar-refractivity contribution in [3.8, 4) is 0 Å². The Balaban J connectivity index is 2.09. The number of benzene rings is 1. The maximum atomic E-state index is 12.8. The van der Waals surface area contributed by atoms with Crippen LogP contribution in [-0.4, -0.2) is 48.0 Å². The number of likely N-dealkylation sites (tertiary alicyclic amines) is 1. The predicted octanol–water partition coefficient (Wildman–Crippen LogP) is 1.97. The van der Waals surface area contributed by atoms with Crippen molar-refractivity contribution in [3.63, 3.8) is 0 Å². The second kappa shape index (κ2) is 5.94. The molecule has 1 unspecified atom stereocenters. The number of aliphatic hydroxyl groups is 1. The molecule has 1 aromatic carbocycles. The normalized spacial score (nSPS) is 26.8. The minimum absolute atomic E-state index is 0.108. The van der Waals surface area contributed by atoms with Crippen LogP contribution in [-0.2, 0) is 0 Å². The minimum Gasteiger partial charge on any atom is -0.380 e. The average molecular weight is 302 g/mol. The molecule has 1 saturated heterocycles. The number of nitrogens with zero attached hydrogens (tertiary/aromatic N) is 1. The Morgan fingerprint density at radius 3 is 2.38 bits per heavy atom. The van der Waals surface area contributed by atoms with Crippen LogP contribution in [0.4, 0.5) is 13.2 Å². The molecule has 2 rings (SSSR count). The van der Waals surface area contributed by atoms with Crippen molar-refractivity contribution in [1.82, 2.24) is 4.90 Å². The lowest BCUT2D eigenvalue weighted by atomic mass is 9.89. The molecule has 3 atom stereocenters. The van der Waals surface area contributed by atoms with Gasteiger partial charge in [0.2, 0.25) is 0 Å². The largest absolute Gasteiger partial charge is 0.418 e. The molecule has 3 nitrogen and oxygen atoms in total. The molecule has 0 bridgehead atoms. The quantitative estimate of drug-likeness (QED) is 0.894. The van der Waals surface area contributed by atoms with Gasteiger partial charge in [0.1, 0.15) is 0 Å². The van der Waals surface area contributed by atoms with Gasteiger partial charge in [0.15, 0.2) is 5.60 Å². The van der Waals surface area contributed by atoms with Crippen LogP contribution in [0.25, 0.3) is 0 Å². The molecule has 118 valence electrons. The molecule has 21 heavy (non-hydrogen) atoms. The zero-order valence-corrected chi connectivity index (χ0v) is 12.0. The summed E-state index contributed by atoms with van der Waals surface area (Å²) in [4.78, 5) is 1.66. The van der Waals surface area contributed by atoms with Crippen LogP contribution in [0.2, 0.25) is 0 Å². The number of alkyl halides is 3. The zero-order chi connectivity index (χ0) is 15.7. The van der Waals surface area contributed by atoms with E-state index in [0.717, 1.165) is 12.5 Å². The summed E-state index contributed by atoms with van der Waals surface area (Å²) in [5, 5.41) is 9.63. The summed E-state index contributed by atoms with van der Waals surface area (Å²) in [6.07, 6.45) is -4.63. The first-order chi connectivity index (χ1) is 9.74. The summed E-state index contributed by atoms with van der Waals surface area (Å²) in [5.74, 6) is 0.219. The molecule has 1 aliphatic rings.